The molecule has 1 aromatic heterocycles. The number of benzene rings is 1. The second-order valence-electron chi connectivity index (χ2n) is 5.40. The Morgan fingerprint density at radius 1 is 1.35 bits per heavy atom. The van der Waals surface area contributed by atoms with Crippen LogP contribution in [0.5, 0.6) is 0 Å². The highest BCUT2D eigenvalue weighted by atomic mass is 16.4. The van der Waals surface area contributed by atoms with Gasteiger partial charge >= 0.3 is 5.97 Å². The minimum Gasteiger partial charge on any atom is -0.481 e. The summed E-state index contributed by atoms with van der Waals surface area (Å²) in [6.45, 7) is 3.34. The minimum atomic E-state index is -0.957. The van der Waals surface area contributed by atoms with Gasteiger partial charge in [-0.25, -0.2) is 0 Å². The van der Waals surface area contributed by atoms with Crippen LogP contribution < -0.4 is 5.32 Å². The topological polar surface area (TPSA) is 84.2 Å². The molecule has 6 nitrogen and oxygen atoms in total. The van der Waals surface area contributed by atoms with Gasteiger partial charge in [-0.05, 0) is 19.9 Å². The van der Waals surface area contributed by atoms with E-state index in [1.807, 2.05) is 24.3 Å². The molecule has 2 rings (SSSR count). The molecule has 0 saturated carbocycles. The SMILES string of the molecule is Cn1nc(C(=O)NC(C)(C)CC(=O)O)c2ccccc21. The summed E-state index contributed by atoms with van der Waals surface area (Å²) in [5, 5.41) is 16.5. The molecule has 0 spiro atoms. The van der Waals surface area contributed by atoms with Gasteiger partial charge in [-0.3, -0.25) is 14.3 Å². The normalized spacial score (nSPS) is 11.6. The smallest absolute Gasteiger partial charge is 0.305 e. The number of carboxylic acids is 1. The fourth-order valence-electron chi connectivity index (χ4n) is 2.17. The molecule has 2 aromatic rings. The Labute approximate surface area is 116 Å². The van der Waals surface area contributed by atoms with E-state index in [0.717, 1.165) is 10.9 Å². The van der Waals surface area contributed by atoms with E-state index in [9.17, 15) is 9.59 Å². The quantitative estimate of drug-likeness (QED) is 0.886. The first kappa shape index (κ1) is 14.0. The van der Waals surface area contributed by atoms with Gasteiger partial charge in [0.15, 0.2) is 5.69 Å². The van der Waals surface area contributed by atoms with Crippen molar-refractivity contribution in [2.75, 3.05) is 0 Å². The minimum absolute atomic E-state index is 0.149. The molecule has 20 heavy (non-hydrogen) atoms. The van der Waals surface area contributed by atoms with Crippen LogP contribution in [0.1, 0.15) is 30.8 Å². The maximum Gasteiger partial charge on any atom is 0.305 e. The van der Waals surface area contributed by atoms with Crippen molar-refractivity contribution in [1.82, 2.24) is 15.1 Å². The summed E-state index contributed by atoms with van der Waals surface area (Å²) >= 11 is 0. The Balaban J connectivity index is 2.30. The average molecular weight is 275 g/mol. The summed E-state index contributed by atoms with van der Waals surface area (Å²) in [6, 6.07) is 7.41. The molecule has 2 N–H and O–H groups in total. The average Bonchev–Trinajstić information content (AvgIpc) is 2.65. The lowest BCUT2D eigenvalue weighted by molar-refractivity contribution is -0.138. The first-order chi connectivity index (χ1) is 9.30. The van der Waals surface area contributed by atoms with Gasteiger partial charge in [-0.15, -0.1) is 0 Å². The number of aromatic nitrogens is 2. The van der Waals surface area contributed by atoms with E-state index in [1.165, 1.54) is 0 Å². The fraction of sp³-hybridized carbons (Fsp3) is 0.357. The van der Waals surface area contributed by atoms with Crippen molar-refractivity contribution >= 4 is 22.8 Å². The maximum atomic E-state index is 12.3. The Kier molecular flexibility index (Phi) is 3.48. The molecule has 1 aromatic carbocycles. The van der Waals surface area contributed by atoms with Crippen LogP contribution in [0.4, 0.5) is 0 Å². The third kappa shape index (κ3) is 2.79. The number of para-hydroxylation sites is 1. The highest BCUT2D eigenvalue weighted by Crippen LogP contribution is 2.18. The molecule has 1 amide bonds. The number of carbonyl (C=O) groups excluding carboxylic acids is 1. The van der Waals surface area contributed by atoms with Gasteiger partial charge in [0, 0.05) is 18.0 Å². The van der Waals surface area contributed by atoms with E-state index in [4.69, 9.17) is 5.11 Å². The van der Waals surface area contributed by atoms with Crippen LogP contribution >= 0.6 is 0 Å². The summed E-state index contributed by atoms with van der Waals surface area (Å²) < 4.78 is 1.63. The van der Waals surface area contributed by atoms with Crippen LogP contribution in [0.25, 0.3) is 10.9 Å². The van der Waals surface area contributed by atoms with E-state index in [2.05, 4.69) is 10.4 Å². The summed E-state index contributed by atoms with van der Waals surface area (Å²) in [4.78, 5) is 23.1. The maximum absolute atomic E-state index is 12.3. The number of aliphatic carboxylic acids is 1. The van der Waals surface area contributed by atoms with Crippen molar-refractivity contribution in [3.05, 3.63) is 30.0 Å². The molecule has 0 aliphatic heterocycles. The van der Waals surface area contributed by atoms with Crippen molar-refractivity contribution in [2.45, 2.75) is 25.8 Å². The van der Waals surface area contributed by atoms with Crippen LogP contribution in [-0.4, -0.2) is 32.3 Å². The molecule has 0 fully saturated rings. The number of hydrogen-bond donors (Lipinski definition) is 2. The number of carbonyl (C=O) groups is 2. The second-order valence-corrected chi connectivity index (χ2v) is 5.40. The first-order valence-electron chi connectivity index (χ1n) is 6.26. The molecule has 6 heteroatoms. The number of carboxylic acid groups (broad SMARTS) is 1. The van der Waals surface area contributed by atoms with Crippen molar-refractivity contribution in [3.63, 3.8) is 0 Å². The van der Waals surface area contributed by atoms with E-state index >= 15 is 0 Å². The molecule has 1 heterocycles. The fourth-order valence-corrected chi connectivity index (χ4v) is 2.17. The highest BCUT2D eigenvalue weighted by Gasteiger charge is 2.26. The predicted molar refractivity (Wildman–Crippen MR) is 74.5 cm³/mol. The summed E-state index contributed by atoms with van der Waals surface area (Å²) in [6.07, 6.45) is -0.149. The molecule has 0 radical (unpaired) electrons. The molecule has 0 aliphatic carbocycles. The zero-order valence-electron chi connectivity index (χ0n) is 11.7. The van der Waals surface area contributed by atoms with Crippen LogP contribution in [0.15, 0.2) is 24.3 Å². The van der Waals surface area contributed by atoms with E-state index < -0.39 is 11.5 Å². The first-order valence-corrected chi connectivity index (χ1v) is 6.26. The number of nitrogens with zero attached hydrogens (tertiary/aromatic N) is 2. The lowest BCUT2D eigenvalue weighted by Gasteiger charge is -2.23. The Hall–Kier alpha value is -2.37. The van der Waals surface area contributed by atoms with Crippen LogP contribution in [-0.2, 0) is 11.8 Å². The second kappa shape index (κ2) is 4.96. The van der Waals surface area contributed by atoms with Gasteiger partial charge in [-0.2, -0.15) is 5.10 Å². The van der Waals surface area contributed by atoms with E-state index in [-0.39, 0.29) is 12.3 Å². The Morgan fingerprint density at radius 3 is 2.65 bits per heavy atom. The van der Waals surface area contributed by atoms with Crippen molar-refractivity contribution in [1.29, 1.82) is 0 Å². The van der Waals surface area contributed by atoms with Gasteiger partial charge in [-0.1, -0.05) is 18.2 Å². The largest absolute Gasteiger partial charge is 0.481 e. The van der Waals surface area contributed by atoms with Crippen molar-refractivity contribution in [2.24, 2.45) is 7.05 Å². The Bertz CT molecular complexity index is 673. The zero-order chi connectivity index (χ0) is 14.9. The number of nitrogens with one attached hydrogen (secondary N) is 1. The van der Waals surface area contributed by atoms with Crippen LogP contribution in [0.3, 0.4) is 0 Å². The molecule has 0 atom stereocenters. The molecule has 106 valence electrons. The van der Waals surface area contributed by atoms with Gasteiger partial charge < -0.3 is 10.4 Å². The standard InChI is InChI=1S/C14H17N3O3/c1-14(2,8-11(18)19)15-13(20)12-9-6-4-5-7-10(9)17(3)16-12/h4-7H,8H2,1-3H3,(H,15,20)(H,18,19). The van der Waals surface area contributed by atoms with Gasteiger partial charge in [0.2, 0.25) is 0 Å². The third-order valence-corrected chi connectivity index (χ3v) is 3.02. The number of aryl methyl sites for hydroxylation is 1. The molecular weight excluding hydrogens is 258 g/mol. The number of hydrogen-bond acceptors (Lipinski definition) is 3. The van der Waals surface area contributed by atoms with E-state index in [1.54, 1.807) is 25.6 Å². The highest BCUT2D eigenvalue weighted by molar-refractivity contribution is 6.05. The number of fused-ring (bicyclic) bond motifs is 1. The summed E-state index contributed by atoms with van der Waals surface area (Å²) in [5.74, 6) is -1.32. The molecule has 0 saturated heterocycles. The summed E-state index contributed by atoms with van der Waals surface area (Å²) in [5.41, 5.74) is 0.330. The van der Waals surface area contributed by atoms with Gasteiger partial charge in [0.05, 0.1) is 11.9 Å². The predicted octanol–water partition coefficient (Wildman–Crippen LogP) is 1.56. The van der Waals surface area contributed by atoms with Crippen LogP contribution in [0.2, 0.25) is 0 Å². The van der Waals surface area contributed by atoms with Crippen LogP contribution in [0, 0.1) is 0 Å². The molecule has 0 aliphatic rings. The monoisotopic (exact) mass is 275 g/mol. The molecular formula is C14H17N3O3. The zero-order valence-corrected chi connectivity index (χ0v) is 11.7. The van der Waals surface area contributed by atoms with Gasteiger partial charge in [0.1, 0.15) is 0 Å². The number of amides is 1. The number of rotatable bonds is 4. The lowest BCUT2D eigenvalue weighted by atomic mass is 10.0. The lowest BCUT2D eigenvalue weighted by Crippen LogP contribution is -2.45. The van der Waals surface area contributed by atoms with Crippen molar-refractivity contribution < 1.29 is 14.7 Å². The third-order valence-electron chi connectivity index (χ3n) is 3.02. The summed E-state index contributed by atoms with van der Waals surface area (Å²) in [7, 11) is 1.77. The molecule has 0 bridgehead atoms. The molecule has 0 unspecified atom stereocenters. The Morgan fingerprint density at radius 2 is 2.00 bits per heavy atom. The van der Waals surface area contributed by atoms with Gasteiger partial charge in [0.25, 0.3) is 5.91 Å². The van der Waals surface area contributed by atoms with Crippen molar-refractivity contribution in [3.8, 4) is 0 Å². The van der Waals surface area contributed by atoms with E-state index in [0.29, 0.717) is 5.69 Å².